The molecule has 0 bridgehead atoms. The Morgan fingerprint density at radius 3 is 2.95 bits per heavy atom. The average molecular weight is 259 g/mol. The molecule has 0 saturated carbocycles. The summed E-state index contributed by atoms with van der Waals surface area (Å²) in [5.74, 6) is 0.976. The van der Waals surface area contributed by atoms with Gasteiger partial charge in [0.25, 0.3) is 0 Å². The van der Waals surface area contributed by atoms with Gasteiger partial charge in [0, 0.05) is 31.0 Å². The second-order valence-corrected chi connectivity index (χ2v) is 4.34. The molecule has 102 valence electrons. The van der Waals surface area contributed by atoms with Gasteiger partial charge in [-0.2, -0.15) is 5.10 Å². The zero-order chi connectivity index (χ0) is 13.3. The van der Waals surface area contributed by atoms with Crippen molar-refractivity contribution < 1.29 is 4.74 Å². The van der Waals surface area contributed by atoms with E-state index < -0.39 is 0 Å². The predicted molar refractivity (Wildman–Crippen MR) is 76.2 cm³/mol. The van der Waals surface area contributed by atoms with Gasteiger partial charge in [0.1, 0.15) is 5.75 Å². The van der Waals surface area contributed by atoms with E-state index in [-0.39, 0.29) is 0 Å². The number of ether oxygens (including phenoxy) is 1. The Balaban J connectivity index is 1.70. The van der Waals surface area contributed by atoms with Crippen LogP contribution in [0.4, 0.5) is 0 Å². The number of hydrogen-bond donors (Lipinski definition) is 1. The lowest BCUT2D eigenvalue weighted by Gasteiger charge is -2.10. The largest absolute Gasteiger partial charge is 0.494 e. The Labute approximate surface area is 114 Å². The lowest BCUT2D eigenvalue weighted by atomic mass is 10.2. The van der Waals surface area contributed by atoms with Crippen molar-refractivity contribution in [3.63, 3.8) is 0 Å². The van der Waals surface area contributed by atoms with Crippen LogP contribution in [0.2, 0.25) is 0 Å². The van der Waals surface area contributed by atoms with Gasteiger partial charge in [-0.05, 0) is 32.0 Å². The Bertz CT molecular complexity index is 468. The van der Waals surface area contributed by atoms with Crippen molar-refractivity contribution in [2.45, 2.75) is 26.4 Å². The summed E-state index contributed by atoms with van der Waals surface area (Å²) >= 11 is 0. The number of hydrogen-bond acceptors (Lipinski definition) is 3. The summed E-state index contributed by atoms with van der Waals surface area (Å²) in [7, 11) is 0. The number of nitrogens with one attached hydrogen (secondary N) is 1. The minimum absolute atomic E-state index is 0.705. The van der Waals surface area contributed by atoms with Gasteiger partial charge in [0.05, 0.1) is 6.61 Å². The summed E-state index contributed by atoms with van der Waals surface area (Å²) in [6, 6.07) is 10.1. The molecule has 0 amide bonds. The molecule has 0 aliphatic rings. The minimum Gasteiger partial charge on any atom is -0.494 e. The second-order valence-electron chi connectivity index (χ2n) is 4.34. The van der Waals surface area contributed by atoms with Gasteiger partial charge >= 0.3 is 0 Å². The first-order valence-electron chi connectivity index (χ1n) is 6.79. The fraction of sp³-hybridized carbons (Fsp3) is 0.400. The molecule has 19 heavy (non-hydrogen) atoms. The number of rotatable bonds is 8. The van der Waals surface area contributed by atoms with E-state index in [4.69, 9.17) is 4.74 Å². The highest BCUT2D eigenvalue weighted by atomic mass is 16.5. The Morgan fingerprint density at radius 1 is 1.26 bits per heavy atom. The average Bonchev–Trinajstić information content (AvgIpc) is 2.94. The molecule has 1 aromatic carbocycles. The molecule has 1 N–H and O–H groups in total. The first-order valence-corrected chi connectivity index (χ1v) is 6.79. The molecule has 0 spiro atoms. The van der Waals surface area contributed by atoms with Crippen LogP contribution >= 0.6 is 0 Å². The molecular weight excluding hydrogens is 238 g/mol. The third-order valence-corrected chi connectivity index (χ3v) is 2.89. The number of para-hydroxylation sites is 1. The quantitative estimate of drug-likeness (QED) is 0.740. The zero-order valence-corrected chi connectivity index (χ0v) is 11.4. The van der Waals surface area contributed by atoms with E-state index in [1.165, 1.54) is 5.56 Å². The van der Waals surface area contributed by atoms with Crippen LogP contribution in [0.1, 0.15) is 18.9 Å². The Morgan fingerprint density at radius 2 is 2.16 bits per heavy atom. The van der Waals surface area contributed by atoms with E-state index in [0.717, 1.165) is 31.8 Å². The predicted octanol–water partition coefficient (Wildman–Crippen LogP) is 2.46. The smallest absolute Gasteiger partial charge is 0.123 e. The molecule has 2 rings (SSSR count). The highest BCUT2D eigenvalue weighted by molar-refractivity contribution is 5.33. The molecule has 1 aromatic heterocycles. The maximum absolute atomic E-state index is 5.60. The molecular formula is C15H21N3O. The van der Waals surface area contributed by atoms with Crippen LogP contribution in [0.3, 0.4) is 0 Å². The van der Waals surface area contributed by atoms with Crippen LogP contribution in [0.5, 0.6) is 5.75 Å². The molecule has 4 nitrogen and oxygen atoms in total. The van der Waals surface area contributed by atoms with Crippen molar-refractivity contribution in [3.8, 4) is 5.75 Å². The fourth-order valence-electron chi connectivity index (χ4n) is 1.97. The van der Waals surface area contributed by atoms with E-state index in [1.807, 2.05) is 48.3 Å². The van der Waals surface area contributed by atoms with Gasteiger partial charge in [-0.3, -0.25) is 4.68 Å². The summed E-state index contributed by atoms with van der Waals surface area (Å²) in [5.41, 5.74) is 1.21. The van der Waals surface area contributed by atoms with Crippen molar-refractivity contribution in [2.24, 2.45) is 0 Å². The van der Waals surface area contributed by atoms with Gasteiger partial charge in [-0.15, -0.1) is 0 Å². The summed E-state index contributed by atoms with van der Waals surface area (Å²) < 4.78 is 7.55. The molecule has 0 unspecified atom stereocenters. The molecule has 4 heteroatoms. The maximum Gasteiger partial charge on any atom is 0.123 e. The van der Waals surface area contributed by atoms with E-state index in [2.05, 4.69) is 16.5 Å². The highest BCUT2D eigenvalue weighted by Gasteiger charge is 2.01. The fourth-order valence-corrected chi connectivity index (χ4v) is 1.97. The molecule has 0 radical (unpaired) electrons. The topological polar surface area (TPSA) is 39.1 Å². The van der Waals surface area contributed by atoms with E-state index in [0.29, 0.717) is 6.61 Å². The zero-order valence-electron chi connectivity index (χ0n) is 11.4. The van der Waals surface area contributed by atoms with Crippen molar-refractivity contribution in [1.82, 2.24) is 15.1 Å². The first kappa shape index (κ1) is 13.6. The lowest BCUT2D eigenvalue weighted by Crippen LogP contribution is -2.17. The monoisotopic (exact) mass is 259 g/mol. The SMILES string of the molecule is CCOc1ccccc1CNCCCn1cccn1. The van der Waals surface area contributed by atoms with E-state index >= 15 is 0 Å². The number of benzene rings is 1. The van der Waals surface area contributed by atoms with Crippen molar-refractivity contribution in [2.75, 3.05) is 13.2 Å². The van der Waals surface area contributed by atoms with Crippen LogP contribution in [0.15, 0.2) is 42.7 Å². The summed E-state index contributed by atoms with van der Waals surface area (Å²) in [6.07, 6.45) is 4.87. The first-order chi connectivity index (χ1) is 9.40. The minimum atomic E-state index is 0.705. The van der Waals surface area contributed by atoms with E-state index in [1.54, 1.807) is 0 Å². The maximum atomic E-state index is 5.60. The molecule has 2 aromatic rings. The van der Waals surface area contributed by atoms with Gasteiger partial charge in [-0.1, -0.05) is 18.2 Å². The van der Waals surface area contributed by atoms with Gasteiger partial charge in [-0.25, -0.2) is 0 Å². The van der Waals surface area contributed by atoms with Gasteiger partial charge in [0.15, 0.2) is 0 Å². The highest BCUT2D eigenvalue weighted by Crippen LogP contribution is 2.17. The third-order valence-electron chi connectivity index (χ3n) is 2.89. The standard InChI is InChI=1S/C15H21N3O/c1-2-19-15-8-4-3-7-14(15)13-16-9-5-11-18-12-6-10-17-18/h3-4,6-8,10,12,16H,2,5,9,11,13H2,1H3. The Hall–Kier alpha value is -1.81. The number of nitrogens with zero attached hydrogens (tertiary/aromatic N) is 2. The number of aryl methyl sites for hydroxylation is 1. The van der Waals surface area contributed by atoms with Crippen LogP contribution in [0, 0.1) is 0 Å². The van der Waals surface area contributed by atoms with Crippen LogP contribution in [0.25, 0.3) is 0 Å². The molecule has 0 aliphatic heterocycles. The molecule has 0 saturated heterocycles. The molecule has 0 fully saturated rings. The normalized spacial score (nSPS) is 10.6. The van der Waals surface area contributed by atoms with Crippen LogP contribution < -0.4 is 10.1 Å². The van der Waals surface area contributed by atoms with Crippen molar-refractivity contribution in [3.05, 3.63) is 48.3 Å². The Kier molecular flexibility index (Phi) is 5.44. The number of aromatic nitrogens is 2. The summed E-state index contributed by atoms with van der Waals surface area (Å²) in [6.45, 7) is 5.48. The van der Waals surface area contributed by atoms with Crippen LogP contribution in [-0.4, -0.2) is 22.9 Å². The van der Waals surface area contributed by atoms with Crippen molar-refractivity contribution >= 4 is 0 Å². The van der Waals surface area contributed by atoms with Gasteiger partial charge in [0.2, 0.25) is 0 Å². The third kappa shape index (κ3) is 4.41. The van der Waals surface area contributed by atoms with E-state index in [9.17, 15) is 0 Å². The van der Waals surface area contributed by atoms with Crippen molar-refractivity contribution in [1.29, 1.82) is 0 Å². The molecule has 1 heterocycles. The van der Waals surface area contributed by atoms with Gasteiger partial charge < -0.3 is 10.1 Å². The lowest BCUT2D eigenvalue weighted by molar-refractivity contribution is 0.335. The molecule has 0 atom stereocenters. The molecule has 0 aliphatic carbocycles. The van der Waals surface area contributed by atoms with Crippen LogP contribution in [-0.2, 0) is 13.1 Å². The second kappa shape index (κ2) is 7.59. The summed E-state index contributed by atoms with van der Waals surface area (Å²) in [5, 5.41) is 7.62. The summed E-state index contributed by atoms with van der Waals surface area (Å²) in [4.78, 5) is 0.